The summed E-state index contributed by atoms with van der Waals surface area (Å²) in [5.74, 6) is 0.324. The lowest BCUT2D eigenvalue weighted by molar-refractivity contribution is 0.102. The van der Waals surface area contributed by atoms with Crippen LogP contribution in [-0.2, 0) is 10.0 Å². The summed E-state index contributed by atoms with van der Waals surface area (Å²) < 4.78 is 31.1. The Morgan fingerprint density at radius 1 is 0.800 bits per heavy atom. The zero-order valence-electron chi connectivity index (χ0n) is 18.5. The number of para-hydroxylation sites is 3. The molecule has 35 heavy (non-hydrogen) atoms. The van der Waals surface area contributed by atoms with Crippen LogP contribution in [0.3, 0.4) is 0 Å². The summed E-state index contributed by atoms with van der Waals surface area (Å²) in [7, 11) is -3.44. The van der Waals surface area contributed by atoms with Gasteiger partial charge in [-0.05, 0) is 48.5 Å². The minimum absolute atomic E-state index is 0.321. The molecule has 0 spiro atoms. The lowest BCUT2D eigenvalue weighted by atomic mass is 10.2. The van der Waals surface area contributed by atoms with E-state index in [-0.39, 0.29) is 5.91 Å². The number of carbonyl (C=O) groups excluding carboxylic acids is 2. The first-order valence-corrected chi connectivity index (χ1v) is 13.1. The summed E-state index contributed by atoms with van der Waals surface area (Å²) in [6.45, 7) is 0. The Kier molecular flexibility index (Phi) is 7.14. The van der Waals surface area contributed by atoms with Gasteiger partial charge in [-0.2, -0.15) is 0 Å². The van der Waals surface area contributed by atoms with E-state index in [0.717, 1.165) is 17.6 Å². The van der Waals surface area contributed by atoms with Crippen LogP contribution in [0.15, 0.2) is 90.3 Å². The third-order valence-electron chi connectivity index (χ3n) is 4.62. The Bertz CT molecular complexity index is 1470. The zero-order valence-corrected chi connectivity index (χ0v) is 20.2. The standard InChI is InChI=1S/C25H21N3O5S2/c1-35(31,32)28-19-9-7-8-18(15-19)26-25(30)23-14-17(16-34-23)24(29)27-21-12-5-6-13-22(21)33-20-10-3-2-4-11-20/h2-16,28H,1H3,(H,26,30)(H,27,29). The van der Waals surface area contributed by atoms with Crippen LogP contribution in [0.4, 0.5) is 17.1 Å². The molecule has 178 valence electrons. The molecule has 4 rings (SSSR count). The fraction of sp³-hybridized carbons (Fsp3) is 0.0400. The van der Waals surface area contributed by atoms with Crippen molar-refractivity contribution in [3.05, 3.63) is 101 Å². The molecule has 4 aromatic rings. The van der Waals surface area contributed by atoms with Crippen molar-refractivity contribution in [3.63, 3.8) is 0 Å². The third-order valence-corrected chi connectivity index (χ3v) is 6.15. The van der Waals surface area contributed by atoms with Gasteiger partial charge in [-0.15, -0.1) is 11.3 Å². The summed E-state index contributed by atoms with van der Waals surface area (Å²) in [6, 6.07) is 24.1. The Labute approximate surface area is 206 Å². The van der Waals surface area contributed by atoms with E-state index in [0.29, 0.717) is 39.0 Å². The Morgan fingerprint density at radius 3 is 2.29 bits per heavy atom. The molecule has 3 N–H and O–H groups in total. The summed E-state index contributed by atoms with van der Waals surface area (Å²) in [4.78, 5) is 25.8. The van der Waals surface area contributed by atoms with Gasteiger partial charge in [-0.25, -0.2) is 8.42 Å². The minimum Gasteiger partial charge on any atom is -0.455 e. The van der Waals surface area contributed by atoms with Crippen molar-refractivity contribution in [1.29, 1.82) is 0 Å². The summed E-state index contributed by atoms with van der Waals surface area (Å²) in [5, 5.41) is 7.12. The maximum Gasteiger partial charge on any atom is 0.265 e. The molecule has 2 amide bonds. The number of ether oxygens (including phenoxy) is 1. The minimum atomic E-state index is -3.44. The highest BCUT2D eigenvalue weighted by molar-refractivity contribution is 7.92. The molecule has 0 fully saturated rings. The molecule has 0 radical (unpaired) electrons. The number of benzene rings is 3. The Hall–Kier alpha value is -4.15. The highest BCUT2D eigenvalue weighted by Crippen LogP contribution is 2.30. The molecule has 10 heteroatoms. The molecule has 0 aliphatic heterocycles. The topological polar surface area (TPSA) is 114 Å². The van der Waals surface area contributed by atoms with Gasteiger partial charge < -0.3 is 15.4 Å². The first-order chi connectivity index (χ1) is 16.8. The number of sulfonamides is 1. The lowest BCUT2D eigenvalue weighted by Crippen LogP contribution is -2.13. The largest absolute Gasteiger partial charge is 0.455 e. The van der Waals surface area contributed by atoms with Crippen LogP contribution in [0.25, 0.3) is 0 Å². The molecule has 0 saturated carbocycles. The second-order valence-corrected chi connectivity index (χ2v) is 10.1. The number of nitrogens with one attached hydrogen (secondary N) is 3. The molecule has 0 unspecified atom stereocenters. The van der Waals surface area contributed by atoms with E-state index in [1.807, 2.05) is 30.3 Å². The molecule has 1 heterocycles. The van der Waals surface area contributed by atoms with E-state index < -0.39 is 15.9 Å². The van der Waals surface area contributed by atoms with Crippen molar-refractivity contribution < 1.29 is 22.7 Å². The number of hydrogen-bond acceptors (Lipinski definition) is 6. The van der Waals surface area contributed by atoms with Crippen molar-refractivity contribution in [2.45, 2.75) is 0 Å². The second kappa shape index (κ2) is 10.4. The quantitative estimate of drug-likeness (QED) is 0.295. The van der Waals surface area contributed by atoms with Crippen molar-refractivity contribution in [2.75, 3.05) is 21.6 Å². The van der Waals surface area contributed by atoms with Crippen LogP contribution in [0.2, 0.25) is 0 Å². The fourth-order valence-electron chi connectivity index (χ4n) is 3.11. The number of rotatable bonds is 8. The van der Waals surface area contributed by atoms with Gasteiger partial charge in [0.1, 0.15) is 5.75 Å². The number of carbonyl (C=O) groups is 2. The van der Waals surface area contributed by atoms with Crippen LogP contribution < -0.4 is 20.1 Å². The van der Waals surface area contributed by atoms with E-state index in [1.165, 1.54) is 12.1 Å². The van der Waals surface area contributed by atoms with Gasteiger partial charge in [0.05, 0.1) is 28.1 Å². The van der Waals surface area contributed by atoms with Gasteiger partial charge >= 0.3 is 0 Å². The predicted molar refractivity (Wildman–Crippen MR) is 138 cm³/mol. The normalized spacial score (nSPS) is 10.9. The number of thiophene rings is 1. The molecule has 1 aromatic heterocycles. The predicted octanol–water partition coefficient (Wildman–Crippen LogP) is 5.42. The molecular weight excluding hydrogens is 486 g/mol. The van der Waals surface area contributed by atoms with E-state index >= 15 is 0 Å². The fourth-order valence-corrected chi connectivity index (χ4v) is 4.45. The van der Waals surface area contributed by atoms with Gasteiger partial charge in [-0.1, -0.05) is 36.4 Å². The zero-order chi connectivity index (χ0) is 24.8. The van der Waals surface area contributed by atoms with Crippen molar-refractivity contribution >= 4 is 50.2 Å². The molecular formula is C25H21N3O5S2. The smallest absolute Gasteiger partial charge is 0.265 e. The van der Waals surface area contributed by atoms with E-state index in [1.54, 1.807) is 47.8 Å². The second-order valence-electron chi connectivity index (χ2n) is 7.47. The maximum absolute atomic E-state index is 12.8. The van der Waals surface area contributed by atoms with Gasteiger partial charge in [0.2, 0.25) is 10.0 Å². The Morgan fingerprint density at radius 2 is 1.51 bits per heavy atom. The van der Waals surface area contributed by atoms with Crippen LogP contribution in [0.5, 0.6) is 11.5 Å². The molecule has 0 bridgehead atoms. The summed E-state index contributed by atoms with van der Waals surface area (Å²) in [6.07, 6.45) is 1.04. The van der Waals surface area contributed by atoms with E-state index in [4.69, 9.17) is 4.74 Å². The van der Waals surface area contributed by atoms with Gasteiger partial charge in [0, 0.05) is 11.1 Å². The maximum atomic E-state index is 12.8. The SMILES string of the molecule is CS(=O)(=O)Nc1cccc(NC(=O)c2cc(C(=O)Nc3ccccc3Oc3ccccc3)cs2)c1. The van der Waals surface area contributed by atoms with Crippen LogP contribution in [-0.4, -0.2) is 26.5 Å². The molecule has 0 aliphatic carbocycles. The van der Waals surface area contributed by atoms with Crippen molar-refractivity contribution in [3.8, 4) is 11.5 Å². The lowest BCUT2D eigenvalue weighted by Gasteiger charge is -2.11. The highest BCUT2D eigenvalue weighted by atomic mass is 32.2. The van der Waals surface area contributed by atoms with Crippen LogP contribution in [0.1, 0.15) is 20.0 Å². The molecule has 0 saturated heterocycles. The third kappa shape index (κ3) is 6.69. The molecule has 0 aliphatic rings. The Balaban J connectivity index is 1.43. The first kappa shape index (κ1) is 24.0. The van der Waals surface area contributed by atoms with Crippen molar-refractivity contribution in [1.82, 2.24) is 0 Å². The van der Waals surface area contributed by atoms with Crippen LogP contribution in [0, 0.1) is 0 Å². The van der Waals surface area contributed by atoms with E-state index in [9.17, 15) is 18.0 Å². The van der Waals surface area contributed by atoms with Crippen molar-refractivity contribution in [2.24, 2.45) is 0 Å². The molecule has 0 atom stereocenters. The van der Waals surface area contributed by atoms with E-state index in [2.05, 4.69) is 15.4 Å². The van der Waals surface area contributed by atoms with Gasteiger partial charge in [0.25, 0.3) is 11.8 Å². The van der Waals surface area contributed by atoms with Gasteiger partial charge in [0.15, 0.2) is 5.75 Å². The van der Waals surface area contributed by atoms with Gasteiger partial charge in [-0.3, -0.25) is 14.3 Å². The monoisotopic (exact) mass is 507 g/mol. The van der Waals surface area contributed by atoms with Crippen LogP contribution >= 0.6 is 11.3 Å². The molecule has 8 nitrogen and oxygen atoms in total. The number of anilines is 3. The molecule has 3 aromatic carbocycles. The summed E-state index contributed by atoms with van der Waals surface area (Å²) >= 11 is 1.12. The number of amides is 2. The summed E-state index contributed by atoms with van der Waals surface area (Å²) in [5.41, 5.74) is 1.55. The number of hydrogen-bond donors (Lipinski definition) is 3. The average molecular weight is 508 g/mol. The average Bonchev–Trinajstić information content (AvgIpc) is 3.31. The highest BCUT2D eigenvalue weighted by Gasteiger charge is 2.16. The first-order valence-electron chi connectivity index (χ1n) is 10.4.